The highest BCUT2D eigenvalue weighted by atomic mass is 32.1. The minimum atomic E-state index is -0.307. The summed E-state index contributed by atoms with van der Waals surface area (Å²) in [6.07, 6.45) is 1.80. The molecule has 0 aliphatic carbocycles. The van der Waals surface area contributed by atoms with E-state index >= 15 is 0 Å². The van der Waals surface area contributed by atoms with Gasteiger partial charge >= 0.3 is 0 Å². The minimum absolute atomic E-state index is 0.0272. The molecule has 0 saturated carbocycles. The molecule has 0 bridgehead atoms. The molecule has 1 aliphatic heterocycles. The largest absolute Gasteiger partial charge is 0.420 e. The molecule has 1 aliphatic rings. The predicted molar refractivity (Wildman–Crippen MR) is 91.9 cm³/mol. The first-order valence-electron chi connectivity index (χ1n) is 8.13. The van der Waals surface area contributed by atoms with E-state index in [-0.39, 0.29) is 17.6 Å². The minimum Gasteiger partial charge on any atom is -0.420 e. The Morgan fingerprint density at radius 3 is 2.84 bits per heavy atom. The van der Waals surface area contributed by atoms with Crippen molar-refractivity contribution in [2.75, 3.05) is 13.1 Å². The van der Waals surface area contributed by atoms with Gasteiger partial charge in [0.15, 0.2) is 0 Å². The zero-order chi connectivity index (χ0) is 17.2. The average Bonchev–Trinajstić information content (AvgIpc) is 3.34. The third kappa shape index (κ3) is 3.32. The number of nitrogens with zero attached hydrogens (tertiary/aromatic N) is 3. The lowest BCUT2D eigenvalue weighted by molar-refractivity contribution is 0.0703. The van der Waals surface area contributed by atoms with Crippen molar-refractivity contribution < 1.29 is 13.6 Å². The Labute approximate surface area is 148 Å². The molecule has 7 heteroatoms. The van der Waals surface area contributed by atoms with Crippen LogP contribution in [0.1, 0.15) is 34.3 Å². The van der Waals surface area contributed by atoms with Gasteiger partial charge in [-0.3, -0.25) is 4.79 Å². The maximum Gasteiger partial charge on any atom is 0.263 e. The van der Waals surface area contributed by atoms with Crippen LogP contribution in [0.25, 0.3) is 11.5 Å². The van der Waals surface area contributed by atoms with E-state index < -0.39 is 0 Å². The summed E-state index contributed by atoms with van der Waals surface area (Å²) in [6.45, 7) is 1.31. The van der Waals surface area contributed by atoms with Gasteiger partial charge in [-0.1, -0.05) is 6.07 Å². The normalized spacial score (nSPS) is 17.6. The smallest absolute Gasteiger partial charge is 0.263 e. The van der Waals surface area contributed by atoms with Crippen molar-refractivity contribution >= 4 is 17.2 Å². The monoisotopic (exact) mass is 357 g/mol. The lowest BCUT2D eigenvalue weighted by atomic mass is 9.98. The van der Waals surface area contributed by atoms with Crippen LogP contribution in [-0.4, -0.2) is 34.1 Å². The van der Waals surface area contributed by atoms with E-state index in [4.69, 9.17) is 4.42 Å². The van der Waals surface area contributed by atoms with Crippen LogP contribution >= 0.6 is 11.3 Å². The molecule has 1 amide bonds. The van der Waals surface area contributed by atoms with E-state index in [9.17, 15) is 9.18 Å². The van der Waals surface area contributed by atoms with Gasteiger partial charge in [-0.25, -0.2) is 4.39 Å². The molecular formula is C18H16FN3O2S. The molecule has 4 rings (SSSR count). The van der Waals surface area contributed by atoms with Crippen LogP contribution in [0, 0.1) is 5.82 Å². The number of piperidine rings is 1. The van der Waals surface area contributed by atoms with Crippen molar-refractivity contribution in [3.05, 3.63) is 58.4 Å². The Morgan fingerprint density at radius 2 is 2.08 bits per heavy atom. The van der Waals surface area contributed by atoms with E-state index in [1.165, 1.54) is 23.5 Å². The molecule has 1 saturated heterocycles. The highest BCUT2D eigenvalue weighted by molar-refractivity contribution is 7.12. The lowest BCUT2D eigenvalue weighted by Gasteiger charge is -2.30. The summed E-state index contributed by atoms with van der Waals surface area (Å²) in [6, 6.07) is 9.67. The lowest BCUT2D eigenvalue weighted by Crippen LogP contribution is -2.38. The number of benzene rings is 1. The molecule has 3 heterocycles. The molecule has 1 fully saturated rings. The zero-order valence-electron chi connectivity index (χ0n) is 13.4. The Bertz CT molecular complexity index is 861. The maximum absolute atomic E-state index is 13.0. The fraction of sp³-hybridized carbons (Fsp3) is 0.278. The summed E-state index contributed by atoms with van der Waals surface area (Å²) < 4.78 is 18.8. The summed E-state index contributed by atoms with van der Waals surface area (Å²) in [5, 5.41) is 10.1. The summed E-state index contributed by atoms with van der Waals surface area (Å²) >= 11 is 1.45. The first kappa shape index (κ1) is 16.0. The van der Waals surface area contributed by atoms with Gasteiger partial charge in [-0.2, -0.15) is 0 Å². The van der Waals surface area contributed by atoms with Crippen molar-refractivity contribution in [1.29, 1.82) is 0 Å². The molecule has 128 valence electrons. The third-order valence-corrected chi connectivity index (χ3v) is 5.18. The Balaban J connectivity index is 1.50. The number of aromatic nitrogens is 2. The van der Waals surface area contributed by atoms with Crippen LogP contribution in [0.2, 0.25) is 0 Å². The molecule has 5 nitrogen and oxygen atoms in total. The van der Waals surface area contributed by atoms with Crippen LogP contribution in [0.4, 0.5) is 4.39 Å². The number of halogens is 1. The highest BCUT2D eigenvalue weighted by Crippen LogP contribution is 2.29. The Hall–Kier alpha value is -2.54. The van der Waals surface area contributed by atoms with Crippen LogP contribution in [0.15, 0.2) is 46.2 Å². The molecule has 0 spiro atoms. The molecule has 1 aromatic carbocycles. The van der Waals surface area contributed by atoms with E-state index in [2.05, 4.69) is 10.2 Å². The first-order valence-corrected chi connectivity index (χ1v) is 9.01. The average molecular weight is 357 g/mol. The Kier molecular flexibility index (Phi) is 4.31. The van der Waals surface area contributed by atoms with Gasteiger partial charge in [0.2, 0.25) is 11.8 Å². The second-order valence-corrected chi connectivity index (χ2v) is 6.97. The predicted octanol–water partition coefficient (Wildman–Crippen LogP) is 3.96. The zero-order valence-corrected chi connectivity index (χ0v) is 14.2. The quantitative estimate of drug-likeness (QED) is 0.712. The van der Waals surface area contributed by atoms with Gasteiger partial charge in [0.05, 0.1) is 10.8 Å². The number of carbonyl (C=O) groups excluding carboxylic acids is 1. The number of likely N-dealkylation sites (tertiary alicyclic amines) is 1. The van der Waals surface area contributed by atoms with Crippen molar-refractivity contribution in [2.24, 2.45) is 0 Å². The molecule has 0 unspecified atom stereocenters. The number of hydrogen-bond acceptors (Lipinski definition) is 5. The summed E-state index contributed by atoms with van der Waals surface area (Å²) in [7, 11) is 0. The maximum atomic E-state index is 13.0. The topological polar surface area (TPSA) is 59.2 Å². The van der Waals surface area contributed by atoms with Crippen LogP contribution in [-0.2, 0) is 0 Å². The van der Waals surface area contributed by atoms with Crippen molar-refractivity contribution in [2.45, 2.75) is 18.8 Å². The molecule has 2 aromatic heterocycles. The molecule has 3 aromatic rings. The summed E-state index contributed by atoms with van der Waals surface area (Å²) in [5.41, 5.74) is 0.683. The molecule has 25 heavy (non-hydrogen) atoms. The number of carbonyl (C=O) groups is 1. The van der Waals surface area contributed by atoms with E-state index in [1.54, 1.807) is 12.1 Å². The number of hydrogen-bond donors (Lipinski definition) is 0. The summed E-state index contributed by atoms with van der Waals surface area (Å²) in [4.78, 5) is 15.1. The molecule has 0 radical (unpaired) electrons. The van der Waals surface area contributed by atoms with Crippen LogP contribution in [0.5, 0.6) is 0 Å². The second-order valence-electron chi connectivity index (χ2n) is 6.02. The fourth-order valence-corrected chi connectivity index (χ4v) is 3.72. The Morgan fingerprint density at radius 1 is 1.24 bits per heavy atom. The van der Waals surface area contributed by atoms with Crippen LogP contribution in [0.3, 0.4) is 0 Å². The van der Waals surface area contributed by atoms with Crippen molar-refractivity contribution in [3.8, 4) is 11.5 Å². The SMILES string of the molecule is O=C(c1cccs1)N1CCC[C@H](c2nnc(-c3ccc(F)cc3)o2)C1. The van der Waals surface area contributed by atoms with Gasteiger partial charge in [0, 0.05) is 18.7 Å². The van der Waals surface area contributed by atoms with E-state index in [0.717, 1.165) is 24.3 Å². The summed E-state index contributed by atoms with van der Waals surface area (Å²) in [5.74, 6) is 0.676. The number of thiophene rings is 1. The van der Waals surface area contributed by atoms with E-state index in [1.807, 2.05) is 22.4 Å². The van der Waals surface area contributed by atoms with Gasteiger partial charge < -0.3 is 9.32 Å². The second kappa shape index (κ2) is 6.76. The molecule has 0 N–H and O–H groups in total. The molecule has 1 atom stereocenters. The van der Waals surface area contributed by atoms with Gasteiger partial charge in [0.25, 0.3) is 5.91 Å². The van der Waals surface area contributed by atoms with Gasteiger partial charge in [0.1, 0.15) is 5.82 Å². The number of amides is 1. The third-order valence-electron chi connectivity index (χ3n) is 4.32. The fourth-order valence-electron chi connectivity index (χ4n) is 3.03. The number of rotatable bonds is 3. The van der Waals surface area contributed by atoms with Gasteiger partial charge in [-0.05, 0) is 48.6 Å². The first-order chi connectivity index (χ1) is 12.2. The van der Waals surface area contributed by atoms with Crippen molar-refractivity contribution in [1.82, 2.24) is 15.1 Å². The van der Waals surface area contributed by atoms with Gasteiger partial charge in [-0.15, -0.1) is 21.5 Å². The van der Waals surface area contributed by atoms with E-state index in [0.29, 0.717) is 23.9 Å². The highest BCUT2D eigenvalue weighted by Gasteiger charge is 2.29. The molecular weight excluding hydrogens is 341 g/mol. The standard InChI is InChI=1S/C18H16FN3O2S/c19-14-7-5-12(6-8-14)16-20-21-17(24-16)13-3-1-9-22(11-13)18(23)15-4-2-10-25-15/h2,4-8,10,13H,1,3,9,11H2/t13-/m0/s1. The van der Waals surface area contributed by atoms with Crippen LogP contribution < -0.4 is 0 Å². The van der Waals surface area contributed by atoms with Crippen molar-refractivity contribution in [3.63, 3.8) is 0 Å².